The lowest BCUT2D eigenvalue weighted by Crippen LogP contribution is -2.43. The number of imidazole rings is 2. The number of nitrogens with one attached hydrogen (secondary N) is 2. The highest BCUT2D eigenvalue weighted by Crippen LogP contribution is 2.38. The summed E-state index contributed by atoms with van der Waals surface area (Å²) < 4.78 is 36.2. The molecule has 0 aliphatic carbocycles. The Morgan fingerprint density at radius 2 is 1.31 bits per heavy atom. The number of piperidine rings is 2. The lowest BCUT2D eigenvalue weighted by Gasteiger charge is -2.38. The van der Waals surface area contributed by atoms with Crippen molar-refractivity contribution < 1.29 is 17.7 Å². The summed E-state index contributed by atoms with van der Waals surface area (Å²) in [7, 11) is -1.38. The molecule has 58 heavy (non-hydrogen) atoms. The minimum absolute atomic E-state index is 0.0465. The number of aryl methyl sites for hydroxylation is 1. The number of likely N-dealkylation sites (tertiary alicyclic amines) is 1. The second-order valence-corrected chi connectivity index (χ2v) is 17.6. The van der Waals surface area contributed by atoms with Gasteiger partial charge in [0.1, 0.15) is 6.10 Å². The van der Waals surface area contributed by atoms with Gasteiger partial charge < -0.3 is 24.5 Å². The van der Waals surface area contributed by atoms with Crippen LogP contribution in [-0.4, -0.2) is 93.0 Å². The average Bonchev–Trinajstić information content (AvgIpc) is 3.77. The van der Waals surface area contributed by atoms with E-state index in [0.717, 1.165) is 61.0 Å². The number of ether oxygens (including phenoxy) is 1. The van der Waals surface area contributed by atoms with Crippen LogP contribution in [0.15, 0.2) is 113 Å². The van der Waals surface area contributed by atoms with Crippen LogP contribution >= 0.6 is 11.6 Å². The predicted octanol–water partition coefficient (Wildman–Crippen LogP) is 7.28. The largest absolute Gasteiger partial charge is 0.365 e. The maximum atomic E-state index is 12.5. The molecule has 3 saturated heterocycles. The minimum Gasteiger partial charge on any atom is -0.365 e. The summed E-state index contributed by atoms with van der Waals surface area (Å²) in [5.41, 5.74) is 5.95. The Bertz CT molecular complexity index is 2430. The van der Waals surface area contributed by atoms with E-state index >= 15 is 0 Å². The summed E-state index contributed by atoms with van der Waals surface area (Å²) in [6.45, 7) is 3.53. The van der Waals surface area contributed by atoms with E-state index in [2.05, 4.69) is 87.5 Å². The molecule has 0 saturated carbocycles. The Morgan fingerprint density at radius 1 is 0.741 bits per heavy atom. The van der Waals surface area contributed by atoms with E-state index in [9.17, 15) is 18.0 Å². The van der Waals surface area contributed by atoms with Gasteiger partial charge in [-0.25, -0.2) is 9.59 Å². The highest BCUT2D eigenvalue weighted by Gasteiger charge is 2.39. The van der Waals surface area contributed by atoms with Crippen molar-refractivity contribution in [3.8, 4) is 0 Å². The Morgan fingerprint density at radius 3 is 1.93 bits per heavy atom. The van der Waals surface area contributed by atoms with Crippen LogP contribution in [0.2, 0.25) is 5.02 Å². The third-order valence-corrected chi connectivity index (χ3v) is 12.0. The molecule has 3 N–H and O–H groups in total. The molecule has 4 aromatic carbocycles. The van der Waals surface area contributed by atoms with Gasteiger partial charge in [-0.3, -0.25) is 13.7 Å². The second-order valence-electron chi connectivity index (χ2n) is 15.7. The van der Waals surface area contributed by atoms with Crippen molar-refractivity contribution in [2.45, 2.75) is 81.8 Å². The van der Waals surface area contributed by atoms with Gasteiger partial charge in [0.25, 0.3) is 10.1 Å². The number of H-pyrrole nitrogens is 2. The fourth-order valence-electron chi connectivity index (χ4n) is 8.92. The molecular weight excluding hydrogens is 776 g/mol. The summed E-state index contributed by atoms with van der Waals surface area (Å²) in [4.78, 5) is 35.5. The molecule has 3 fully saturated rings. The number of para-hydroxylation sites is 2. The summed E-state index contributed by atoms with van der Waals surface area (Å²) in [6, 6.07) is 36.2. The van der Waals surface area contributed by atoms with Crippen molar-refractivity contribution in [2.24, 2.45) is 0 Å². The maximum absolute atomic E-state index is 12.5. The number of aromatic nitrogens is 4. The molecular formula is C44H53ClN6O6S. The summed E-state index contributed by atoms with van der Waals surface area (Å²) in [5.74, 6) is 0. The Hall–Kier alpha value is -4.50. The molecule has 2 aromatic heterocycles. The van der Waals surface area contributed by atoms with Crippen LogP contribution in [0.3, 0.4) is 0 Å². The van der Waals surface area contributed by atoms with Crippen LogP contribution in [0.4, 0.5) is 0 Å². The van der Waals surface area contributed by atoms with Gasteiger partial charge >= 0.3 is 11.4 Å². The van der Waals surface area contributed by atoms with Crippen LogP contribution in [0.5, 0.6) is 0 Å². The van der Waals surface area contributed by atoms with Gasteiger partial charge in [-0.1, -0.05) is 84.4 Å². The summed E-state index contributed by atoms with van der Waals surface area (Å²) in [6.07, 6.45) is 8.92. The molecule has 3 atom stereocenters. The van der Waals surface area contributed by atoms with Crippen LogP contribution in [0.1, 0.15) is 68.2 Å². The van der Waals surface area contributed by atoms with E-state index in [4.69, 9.17) is 20.9 Å². The zero-order valence-electron chi connectivity index (χ0n) is 33.0. The molecule has 3 aliphatic heterocycles. The number of benzene rings is 4. The molecule has 308 valence electrons. The van der Waals surface area contributed by atoms with Gasteiger partial charge in [-0.2, -0.15) is 8.42 Å². The minimum atomic E-state index is -3.67. The topological polar surface area (TPSA) is 146 Å². The van der Waals surface area contributed by atoms with E-state index in [-0.39, 0.29) is 23.5 Å². The molecule has 0 radical (unpaired) electrons. The van der Waals surface area contributed by atoms with Crippen molar-refractivity contribution in [1.82, 2.24) is 28.9 Å². The molecule has 3 aliphatic rings. The molecule has 0 spiro atoms. The Labute approximate surface area is 344 Å². The first kappa shape index (κ1) is 41.7. The number of aromatic amines is 2. The van der Waals surface area contributed by atoms with Crippen LogP contribution in [0.25, 0.3) is 22.1 Å². The monoisotopic (exact) mass is 828 g/mol. The lowest BCUT2D eigenvalue weighted by molar-refractivity contribution is -0.0426. The summed E-state index contributed by atoms with van der Waals surface area (Å²) in [5, 5.41) is 0.625. The number of nitrogens with zero attached hydrogens (tertiary/aromatic N) is 4. The number of hydrogen-bond acceptors (Lipinski definition) is 7. The van der Waals surface area contributed by atoms with Crippen molar-refractivity contribution in [3.05, 3.63) is 140 Å². The van der Waals surface area contributed by atoms with Gasteiger partial charge in [0.15, 0.2) is 0 Å². The van der Waals surface area contributed by atoms with Gasteiger partial charge in [0, 0.05) is 42.8 Å². The fraction of sp³-hybridized carbons (Fsp3) is 0.409. The van der Waals surface area contributed by atoms with Crippen molar-refractivity contribution in [2.75, 3.05) is 32.9 Å². The van der Waals surface area contributed by atoms with Gasteiger partial charge in [0.05, 0.1) is 34.4 Å². The molecule has 14 heteroatoms. The Kier molecular flexibility index (Phi) is 13.4. The molecule has 5 heterocycles. The van der Waals surface area contributed by atoms with Crippen molar-refractivity contribution in [3.63, 3.8) is 0 Å². The van der Waals surface area contributed by atoms with E-state index < -0.39 is 10.1 Å². The van der Waals surface area contributed by atoms with Crippen LogP contribution < -0.4 is 11.4 Å². The Balaban J connectivity index is 0.000000163. The first-order valence-electron chi connectivity index (χ1n) is 20.1. The predicted molar refractivity (Wildman–Crippen MR) is 230 cm³/mol. The third-order valence-electron chi connectivity index (χ3n) is 11.7. The number of hydrogen-bond donors (Lipinski definition) is 3. The standard InChI is InChI=1S/C22H24ClN5O2.C21H25NO.CH4O3S/c23-15-6-7-20-18(14-15)25-22(30)28(20)16-8-12-26(13-9-16)10-3-11-27-19-5-2-1-4-17(19)24-21(27)29;1-22-18-12-13-19(22)15-20(14-18)23-21(16-8-4-2-5-9-16)17-10-6-3-7-11-17;1-5(2,3)4/h1-2,4-7,14,16H,3,8-13H2,(H,24,29)(H,25,30);2-11,18-21H,12-15H2,1H3;1H3,(H,2,3,4)/t;18-,19+,20?;. The van der Waals surface area contributed by atoms with E-state index in [0.29, 0.717) is 36.0 Å². The van der Waals surface area contributed by atoms with E-state index in [1.807, 2.05) is 45.5 Å². The third kappa shape index (κ3) is 10.4. The number of halogens is 1. The number of fused-ring (bicyclic) bond motifs is 4. The normalized spacial score (nSPS) is 20.2. The summed E-state index contributed by atoms with van der Waals surface area (Å²) >= 11 is 6.05. The van der Waals surface area contributed by atoms with Crippen molar-refractivity contribution in [1.29, 1.82) is 0 Å². The number of rotatable bonds is 9. The van der Waals surface area contributed by atoms with Gasteiger partial charge in [0.2, 0.25) is 0 Å². The van der Waals surface area contributed by atoms with E-state index in [1.54, 1.807) is 6.07 Å². The average molecular weight is 829 g/mol. The molecule has 6 aromatic rings. The van der Waals surface area contributed by atoms with Crippen LogP contribution in [0, 0.1) is 0 Å². The second kappa shape index (κ2) is 18.6. The molecule has 9 rings (SSSR count). The lowest BCUT2D eigenvalue weighted by atomic mass is 9.97. The highest BCUT2D eigenvalue weighted by atomic mass is 35.5. The van der Waals surface area contributed by atoms with E-state index in [1.165, 1.54) is 36.8 Å². The smallest absolute Gasteiger partial charge is 0.326 e. The SMILES string of the molecule is CN1[C@@H]2CC[C@H]1CC(OC(c1ccccc1)c1ccccc1)C2.CS(=O)(=O)O.O=c1[nH]c2ccccc2n1CCCN1CCC(n2c(=O)[nH]c3cc(Cl)ccc32)CC1. The van der Waals surface area contributed by atoms with Gasteiger partial charge in [-0.15, -0.1) is 0 Å². The quantitative estimate of drug-likeness (QED) is 0.129. The molecule has 1 unspecified atom stereocenters. The highest BCUT2D eigenvalue weighted by molar-refractivity contribution is 7.85. The van der Waals surface area contributed by atoms with Gasteiger partial charge in [-0.05, 0) is 100.0 Å². The molecule has 0 amide bonds. The fourth-order valence-corrected chi connectivity index (χ4v) is 9.09. The molecule has 2 bridgehead atoms. The van der Waals surface area contributed by atoms with Crippen molar-refractivity contribution >= 4 is 43.8 Å². The van der Waals surface area contributed by atoms with Crippen LogP contribution in [-0.2, 0) is 21.4 Å². The first-order chi connectivity index (χ1) is 27.9. The first-order valence-corrected chi connectivity index (χ1v) is 22.3. The maximum Gasteiger partial charge on any atom is 0.326 e. The zero-order valence-corrected chi connectivity index (χ0v) is 34.6. The molecule has 12 nitrogen and oxygen atoms in total. The zero-order chi connectivity index (χ0) is 40.8.